The number of hydrogen-bond donors (Lipinski definition) is 2. The van der Waals surface area contributed by atoms with Crippen molar-refractivity contribution in [3.05, 3.63) is 34.7 Å². The zero-order valence-corrected chi connectivity index (χ0v) is 10.4. The topological polar surface area (TPSA) is 76.2 Å². The predicted octanol–water partition coefficient (Wildman–Crippen LogP) is 3.04. The molecule has 0 radical (unpaired) electrons. The first-order valence-electron chi connectivity index (χ1n) is 5.39. The van der Waals surface area contributed by atoms with Crippen molar-refractivity contribution in [3.8, 4) is 0 Å². The highest BCUT2D eigenvalue weighted by Gasteiger charge is 2.16. The van der Waals surface area contributed by atoms with E-state index in [-0.39, 0.29) is 4.88 Å². The summed E-state index contributed by atoms with van der Waals surface area (Å²) in [4.78, 5) is 16.4. The Hall–Kier alpha value is -2.14. The molecule has 2 aromatic heterocycles. The first-order chi connectivity index (χ1) is 8.58. The molecule has 0 aliphatic carbocycles. The minimum Gasteiger partial charge on any atom is -0.477 e. The summed E-state index contributed by atoms with van der Waals surface area (Å²) >= 11 is 1.12. The SMILES string of the molecule is Cc1cccc2cc3c(N)c(C(=O)O)sc3nc12. The molecule has 2 heterocycles. The normalized spacial score (nSPS) is 11.2. The summed E-state index contributed by atoms with van der Waals surface area (Å²) < 4.78 is 0. The summed E-state index contributed by atoms with van der Waals surface area (Å²) in [5, 5.41) is 10.8. The highest BCUT2D eigenvalue weighted by molar-refractivity contribution is 7.21. The Kier molecular flexibility index (Phi) is 2.24. The predicted molar refractivity (Wildman–Crippen MR) is 73.2 cm³/mol. The minimum absolute atomic E-state index is 0.158. The molecule has 1 aromatic carbocycles. The molecule has 0 bridgehead atoms. The van der Waals surface area contributed by atoms with Crippen LogP contribution in [0.4, 0.5) is 5.69 Å². The third-order valence-corrected chi connectivity index (χ3v) is 4.04. The second-order valence-corrected chi connectivity index (χ2v) is 5.14. The fourth-order valence-corrected chi connectivity index (χ4v) is 2.95. The van der Waals surface area contributed by atoms with Crippen LogP contribution in [-0.4, -0.2) is 16.1 Å². The number of rotatable bonds is 1. The number of fused-ring (bicyclic) bond motifs is 2. The van der Waals surface area contributed by atoms with Gasteiger partial charge in [0.25, 0.3) is 0 Å². The number of para-hydroxylation sites is 1. The van der Waals surface area contributed by atoms with Crippen LogP contribution < -0.4 is 5.73 Å². The van der Waals surface area contributed by atoms with Gasteiger partial charge in [0.2, 0.25) is 0 Å². The van der Waals surface area contributed by atoms with Crippen LogP contribution in [0.25, 0.3) is 21.1 Å². The fourth-order valence-electron chi connectivity index (χ4n) is 2.03. The molecular formula is C13H10N2O2S. The van der Waals surface area contributed by atoms with Crippen LogP contribution in [0, 0.1) is 6.92 Å². The second-order valence-electron chi connectivity index (χ2n) is 4.14. The quantitative estimate of drug-likeness (QED) is 0.703. The van der Waals surface area contributed by atoms with E-state index in [0.717, 1.165) is 33.2 Å². The number of carboxylic acid groups (broad SMARTS) is 1. The average Bonchev–Trinajstić information content (AvgIpc) is 2.65. The number of nitrogens with two attached hydrogens (primary N) is 1. The van der Waals surface area contributed by atoms with Gasteiger partial charge in [-0.2, -0.15) is 0 Å². The molecule has 0 aliphatic rings. The fraction of sp³-hybridized carbons (Fsp3) is 0.0769. The number of pyridine rings is 1. The number of carboxylic acids is 1. The smallest absolute Gasteiger partial charge is 0.348 e. The van der Waals surface area contributed by atoms with Crippen molar-refractivity contribution in [2.45, 2.75) is 6.92 Å². The molecule has 0 fully saturated rings. The number of carbonyl (C=O) groups is 1. The monoisotopic (exact) mass is 258 g/mol. The summed E-state index contributed by atoms with van der Waals surface area (Å²) in [6, 6.07) is 7.79. The summed E-state index contributed by atoms with van der Waals surface area (Å²) in [5.41, 5.74) is 8.12. The average molecular weight is 258 g/mol. The number of benzene rings is 1. The van der Waals surface area contributed by atoms with Crippen molar-refractivity contribution in [1.82, 2.24) is 4.98 Å². The van der Waals surface area contributed by atoms with Crippen LogP contribution in [0.3, 0.4) is 0 Å². The molecule has 3 N–H and O–H groups in total. The van der Waals surface area contributed by atoms with Crippen molar-refractivity contribution in [1.29, 1.82) is 0 Å². The lowest BCUT2D eigenvalue weighted by atomic mass is 10.1. The highest BCUT2D eigenvalue weighted by Crippen LogP contribution is 2.34. The number of anilines is 1. The van der Waals surface area contributed by atoms with Gasteiger partial charge in [-0.05, 0) is 18.6 Å². The number of thiophene rings is 1. The van der Waals surface area contributed by atoms with Crippen LogP contribution in [-0.2, 0) is 0 Å². The van der Waals surface area contributed by atoms with E-state index in [0.29, 0.717) is 10.5 Å². The molecule has 0 atom stereocenters. The number of aryl methyl sites for hydroxylation is 1. The first kappa shape index (κ1) is 11.0. The van der Waals surface area contributed by atoms with Crippen LogP contribution in [0.15, 0.2) is 24.3 Å². The van der Waals surface area contributed by atoms with Crippen molar-refractivity contribution >= 4 is 44.1 Å². The summed E-state index contributed by atoms with van der Waals surface area (Å²) in [6.07, 6.45) is 0. The Morgan fingerprint density at radius 3 is 2.94 bits per heavy atom. The maximum absolute atomic E-state index is 11.1. The Morgan fingerprint density at radius 2 is 2.22 bits per heavy atom. The van der Waals surface area contributed by atoms with Crippen molar-refractivity contribution in [2.75, 3.05) is 5.73 Å². The molecule has 0 amide bonds. The van der Waals surface area contributed by atoms with E-state index in [2.05, 4.69) is 4.98 Å². The zero-order valence-electron chi connectivity index (χ0n) is 9.60. The number of nitrogens with zero attached hydrogens (tertiary/aromatic N) is 1. The molecule has 3 rings (SSSR count). The van der Waals surface area contributed by atoms with Gasteiger partial charge >= 0.3 is 5.97 Å². The molecule has 3 aromatic rings. The van der Waals surface area contributed by atoms with E-state index >= 15 is 0 Å². The standard InChI is InChI=1S/C13H10N2O2S/c1-6-3-2-4-7-5-8-9(14)11(13(16)17)18-12(8)15-10(6)7/h2-5H,14H2,1H3,(H,16,17). The number of hydrogen-bond acceptors (Lipinski definition) is 4. The summed E-state index contributed by atoms with van der Waals surface area (Å²) in [7, 11) is 0. The lowest BCUT2D eigenvalue weighted by Crippen LogP contribution is -1.97. The van der Waals surface area contributed by atoms with E-state index in [1.165, 1.54) is 0 Å². The molecule has 0 spiro atoms. The molecule has 0 saturated carbocycles. The summed E-state index contributed by atoms with van der Waals surface area (Å²) in [6.45, 7) is 1.98. The second kappa shape index (κ2) is 3.68. The van der Waals surface area contributed by atoms with Gasteiger partial charge in [-0.3, -0.25) is 0 Å². The van der Waals surface area contributed by atoms with Gasteiger partial charge in [-0.1, -0.05) is 18.2 Å². The Bertz CT molecular complexity index is 792. The van der Waals surface area contributed by atoms with Crippen LogP contribution in [0.1, 0.15) is 15.2 Å². The van der Waals surface area contributed by atoms with Crippen molar-refractivity contribution in [2.24, 2.45) is 0 Å². The minimum atomic E-state index is -1.00. The van der Waals surface area contributed by atoms with E-state index in [4.69, 9.17) is 10.8 Å². The van der Waals surface area contributed by atoms with Gasteiger partial charge in [0.05, 0.1) is 11.2 Å². The number of aromatic nitrogens is 1. The van der Waals surface area contributed by atoms with Crippen LogP contribution >= 0.6 is 11.3 Å². The molecule has 0 aliphatic heterocycles. The molecule has 90 valence electrons. The number of aromatic carboxylic acids is 1. The largest absolute Gasteiger partial charge is 0.477 e. The van der Waals surface area contributed by atoms with Crippen molar-refractivity contribution in [3.63, 3.8) is 0 Å². The molecule has 5 heteroatoms. The van der Waals surface area contributed by atoms with Crippen LogP contribution in [0.5, 0.6) is 0 Å². The van der Waals surface area contributed by atoms with Gasteiger partial charge in [0.1, 0.15) is 9.71 Å². The van der Waals surface area contributed by atoms with Gasteiger partial charge in [-0.25, -0.2) is 9.78 Å². The first-order valence-corrected chi connectivity index (χ1v) is 6.21. The van der Waals surface area contributed by atoms with E-state index in [9.17, 15) is 4.79 Å². The lowest BCUT2D eigenvalue weighted by Gasteiger charge is -2.01. The van der Waals surface area contributed by atoms with Gasteiger partial charge in [-0.15, -0.1) is 11.3 Å². The van der Waals surface area contributed by atoms with Crippen molar-refractivity contribution < 1.29 is 9.90 Å². The summed E-state index contributed by atoms with van der Waals surface area (Å²) in [5.74, 6) is -1.00. The van der Waals surface area contributed by atoms with E-state index in [1.807, 2.05) is 31.2 Å². The Morgan fingerprint density at radius 1 is 1.44 bits per heavy atom. The van der Waals surface area contributed by atoms with E-state index < -0.39 is 5.97 Å². The molecule has 4 nitrogen and oxygen atoms in total. The maximum atomic E-state index is 11.1. The molecule has 0 unspecified atom stereocenters. The lowest BCUT2D eigenvalue weighted by molar-refractivity contribution is 0.0703. The van der Waals surface area contributed by atoms with Crippen LogP contribution in [0.2, 0.25) is 0 Å². The maximum Gasteiger partial charge on any atom is 0.348 e. The van der Waals surface area contributed by atoms with Gasteiger partial charge < -0.3 is 10.8 Å². The van der Waals surface area contributed by atoms with E-state index in [1.54, 1.807) is 0 Å². The third-order valence-electron chi connectivity index (χ3n) is 2.94. The highest BCUT2D eigenvalue weighted by atomic mass is 32.1. The zero-order chi connectivity index (χ0) is 12.9. The molecular weight excluding hydrogens is 248 g/mol. The Labute approximate surface area is 107 Å². The van der Waals surface area contributed by atoms with Gasteiger partial charge in [0.15, 0.2) is 0 Å². The third kappa shape index (κ3) is 1.44. The Balaban J connectivity index is 2.46. The molecule has 18 heavy (non-hydrogen) atoms. The number of nitrogen functional groups attached to an aromatic ring is 1. The van der Waals surface area contributed by atoms with Gasteiger partial charge in [0, 0.05) is 10.8 Å². The molecule has 0 saturated heterocycles.